The van der Waals surface area contributed by atoms with Crippen LogP contribution in [0.25, 0.3) is 0 Å². The first-order valence-corrected chi connectivity index (χ1v) is 2.41. The second-order valence-corrected chi connectivity index (χ2v) is 1.65. The van der Waals surface area contributed by atoms with Gasteiger partial charge in [-0.1, -0.05) is 13.8 Å². The second kappa shape index (κ2) is 5.86. The minimum absolute atomic E-state index is 0. The molecule has 0 aromatic carbocycles. The second-order valence-electron chi connectivity index (χ2n) is 1.65. The van der Waals surface area contributed by atoms with Gasteiger partial charge in [-0.05, 0) is 6.42 Å². The molecule has 1 N–H and O–H groups in total. The number of carboxylic acids is 1. The molecule has 0 rings (SSSR count). The van der Waals surface area contributed by atoms with E-state index < -0.39 is 5.97 Å². The van der Waals surface area contributed by atoms with Crippen LogP contribution in [0.4, 0.5) is 0 Å². The first-order chi connectivity index (χ1) is 3.18. The third-order valence-corrected chi connectivity index (χ3v) is 1.03. The summed E-state index contributed by atoms with van der Waals surface area (Å²) in [7, 11) is 0. The van der Waals surface area contributed by atoms with Gasteiger partial charge in [0, 0.05) is 0 Å². The van der Waals surface area contributed by atoms with Crippen molar-refractivity contribution in [3.05, 3.63) is 0 Å². The van der Waals surface area contributed by atoms with E-state index >= 15 is 0 Å². The summed E-state index contributed by atoms with van der Waals surface area (Å²) < 4.78 is 0. The first kappa shape index (κ1) is 11.5. The van der Waals surface area contributed by atoms with Gasteiger partial charge in [-0.25, -0.2) is 0 Å². The third-order valence-electron chi connectivity index (χ3n) is 1.03. The van der Waals surface area contributed by atoms with Crippen molar-refractivity contribution >= 4 is 43.7 Å². The maximum Gasteiger partial charge on any atom is 2.00 e. The molecule has 0 saturated carbocycles. The molecule has 0 heterocycles. The van der Waals surface area contributed by atoms with E-state index in [1.165, 1.54) is 0 Å². The van der Waals surface area contributed by atoms with Crippen LogP contribution in [0.1, 0.15) is 23.1 Å². The fourth-order valence-electron chi connectivity index (χ4n) is 0.175. The number of hydrogen-bond acceptors (Lipinski definition) is 1. The Hall–Kier alpha value is 0.730. The van der Waals surface area contributed by atoms with E-state index in [0.29, 0.717) is 0 Å². The number of hydrogen-bond donors (Lipinski definition) is 1. The van der Waals surface area contributed by atoms with Gasteiger partial charge in [0.25, 0.3) is 0 Å². The zero-order valence-electron chi connectivity index (χ0n) is 7.35. The number of carboxylic acid groups (broad SMARTS) is 1. The van der Waals surface area contributed by atoms with E-state index in [2.05, 4.69) is 0 Å². The molecule has 0 radical (unpaired) electrons. The van der Waals surface area contributed by atoms with Crippen molar-refractivity contribution in [1.29, 1.82) is 0 Å². The molecule has 1 atom stereocenters. The molecule has 1 unspecified atom stereocenters. The summed E-state index contributed by atoms with van der Waals surface area (Å²) >= 11 is 0. The minimum Gasteiger partial charge on any atom is -1.00 e. The van der Waals surface area contributed by atoms with Gasteiger partial charge in [-0.3, -0.25) is 4.79 Å². The fourth-order valence-corrected chi connectivity index (χ4v) is 0.175. The Morgan fingerprint density at radius 2 is 2.25 bits per heavy atom. The molecule has 3 heteroatoms. The van der Waals surface area contributed by atoms with Gasteiger partial charge in [0.05, 0.1) is 5.92 Å². The zero-order chi connectivity index (χ0) is 5.86. The smallest absolute Gasteiger partial charge is 1.00 e. The topological polar surface area (TPSA) is 37.3 Å². The summed E-state index contributed by atoms with van der Waals surface area (Å²) in [6, 6.07) is 0. The van der Waals surface area contributed by atoms with E-state index in [4.69, 9.17) is 5.11 Å². The summed E-state index contributed by atoms with van der Waals surface area (Å²) in [5, 5.41) is 8.18. The minimum atomic E-state index is -0.706. The van der Waals surface area contributed by atoms with Gasteiger partial charge < -0.3 is 7.96 Å². The molecule has 0 aliphatic carbocycles. The maximum absolute atomic E-state index is 9.93. The Morgan fingerprint density at radius 3 is 2.25 bits per heavy atom. The van der Waals surface area contributed by atoms with Crippen LogP contribution >= 0.6 is 0 Å². The number of carbonyl (C=O) groups is 1. The average molecular weight is 144 g/mol. The molecule has 46 valence electrons. The number of aliphatic carboxylic acids is 1. The van der Waals surface area contributed by atoms with Gasteiger partial charge in [-0.15, -0.1) is 0 Å². The fraction of sp³-hybridized carbons (Fsp3) is 0.800. The van der Waals surface area contributed by atoms with E-state index in [-0.39, 0.29) is 46.5 Å². The van der Waals surface area contributed by atoms with Gasteiger partial charge in [0.2, 0.25) is 0 Å². The Morgan fingerprint density at radius 1 is 1.88 bits per heavy atom. The predicted octanol–water partition coefficient (Wildman–Crippen LogP) is 0.961. The molecule has 0 aromatic rings. The zero-order valence-corrected chi connectivity index (χ0v) is 7.56. The van der Waals surface area contributed by atoms with E-state index in [1.54, 1.807) is 6.92 Å². The Labute approximate surface area is 82.2 Å². The molecular formula is C5H12CaO2. The van der Waals surface area contributed by atoms with Crippen molar-refractivity contribution < 1.29 is 12.8 Å². The molecular weight excluding hydrogens is 132 g/mol. The molecule has 0 spiro atoms. The molecule has 0 bridgehead atoms. The summed E-state index contributed by atoms with van der Waals surface area (Å²) in [5.41, 5.74) is 0. The largest absolute Gasteiger partial charge is 2.00 e. The van der Waals surface area contributed by atoms with Crippen LogP contribution in [0.15, 0.2) is 0 Å². The molecule has 0 aliphatic heterocycles. The van der Waals surface area contributed by atoms with Gasteiger partial charge in [0.1, 0.15) is 0 Å². The van der Waals surface area contributed by atoms with Crippen LogP contribution < -0.4 is 0 Å². The standard InChI is InChI=1S/C5H10O2.Ca.2H/c1-3-4(2)5(6)7;;;/h4H,3H2,1-2H3,(H,6,7);;;/q;+2;2*-1. The predicted molar refractivity (Wildman–Crippen MR) is 35.1 cm³/mol. The van der Waals surface area contributed by atoms with E-state index in [9.17, 15) is 4.79 Å². The van der Waals surface area contributed by atoms with Crippen molar-refractivity contribution in [3.63, 3.8) is 0 Å². The monoisotopic (exact) mass is 144 g/mol. The van der Waals surface area contributed by atoms with Crippen LogP contribution in [-0.4, -0.2) is 48.8 Å². The normalized spacial score (nSPS) is 11.8. The Balaban J connectivity index is -0.0000000600. The van der Waals surface area contributed by atoms with E-state index in [0.717, 1.165) is 6.42 Å². The van der Waals surface area contributed by atoms with Gasteiger partial charge >= 0.3 is 43.7 Å². The molecule has 8 heavy (non-hydrogen) atoms. The Kier molecular flexibility index (Phi) is 8.43. The average Bonchev–Trinajstić information content (AvgIpc) is 1.65. The van der Waals surface area contributed by atoms with Crippen molar-refractivity contribution in [1.82, 2.24) is 0 Å². The molecule has 0 amide bonds. The third kappa shape index (κ3) is 4.88. The summed E-state index contributed by atoms with van der Waals surface area (Å²) in [5.74, 6) is -0.887. The van der Waals surface area contributed by atoms with Gasteiger partial charge in [-0.2, -0.15) is 0 Å². The van der Waals surface area contributed by atoms with Crippen molar-refractivity contribution in [2.45, 2.75) is 20.3 Å². The molecule has 0 aromatic heterocycles. The van der Waals surface area contributed by atoms with Crippen molar-refractivity contribution in [2.24, 2.45) is 5.92 Å². The maximum atomic E-state index is 9.93. The van der Waals surface area contributed by atoms with E-state index in [1.807, 2.05) is 6.92 Å². The van der Waals surface area contributed by atoms with Crippen molar-refractivity contribution in [2.75, 3.05) is 0 Å². The molecule has 0 aliphatic rings. The quantitative estimate of drug-likeness (QED) is 0.586. The molecule has 0 fully saturated rings. The van der Waals surface area contributed by atoms with Crippen molar-refractivity contribution in [3.8, 4) is 0 Å². The SMILES string of the molecule is CCC(C)C(=O)O.[Ca+2].[H-].[H-]. The van der Waals surface area contributed by atoms with Crippen LogP contribution in [0.3, 0.4) is 0 Å². The Bertz CT molecular complexity index is 80.0. The van der Waals surface area contributed by atoms with Gasteiger partial charge in [0.15, 0.2) is 0 Å². The number of rotatable bonds is 2. The van der Waals surface area contributed by atoms with Crippen LogP contribution in [0, 0.1) is 5.92 Å². The van der Waals surface area contributed by atoms with Crippen LogP contribution in [0.5, 0.6) is 0 Å². The van der Waals surface area contributed by atoms with Crippen LogP contribution in [-0.2, 0) is 4.79 Å². The molecule has 0 saturated heterocycles. The first-order valence-electron chi connectivity index (χ1n) is 2.41. The molecule has 2 nitrogen and oxygen atoms in total. The van der Waals surface area contributed by atoms with Crippen LogP contribution in [0.2, 0.25) is 0 Å². The summed E-state index contributed by atoms with van der Waals surface area (Å²) in [6.45, 7) is 3.56. The summed E-state index contributed by atoms with van der Waals surface area (Å²) in [6.07, 6.45) is 0.718. The summed E-state index contributed by atoms with van der Waals surface area (Å²) in [4.78, 5) is 9.93.